The molecule has 32 heavy (non-hydrogen) atoms. The summed E-state index contributed by atoms with van der Waals surface area (Å²) in [5.74, 6) is 1.18. The zero-order valence-corrected chi connectivity index (χ0v) is 17.8. The number of ether oxygens (including phenoxy) is 1. The largest absolute Gasteiger partial charge is 0.457 e. The lowest BCUT2D eigenvalue weighted by Gasteiger charge is -2.27. The van der Waals surface area contributed by atoms with Gasteiger partial charge in [-0.3, -0.25) is 4.79 Å². The minimum absolute atomic E-state index is 0.0190. The number of hydrogen-bond donors (Lipinski definition) is 3. The second-order valence-electron chi connectivity index (χ2n) is 7.96. The van der Waals surface area contributed by atoms with Gasteiger partial charge in [0, 0.05) is 0 Å². The first-order valence-electron chi connectivity index (χ1n) is 10.8. The van der Waals surface area contributed by atoms with Crippen molar-refractivity contribution in [2.75, 3.05) is 0 Å². The Hall–Kier alpha value is -3.80. The lowest BCUT2D eigenvalue weighted by atomic mass is 9.87. The van der Waals surface area contributed by atoms with Crippen molar-refractivity contribution in [2.24, 2.45) is 5.73 Å². The highest BCUT2D eigenvalue weighted by Crippen LogP contribution is 2.30. The van der Waals surface area contributed by atoms with Crippen LogP contribution in [0, 0.1) is 0 Å². The fraction of sp³-hybridized carbons (Fsp3) is 0.231. The quantitative estimate of drug-likeness (QED) is 0.505. The number of amides is 3. The summed E-state index contributed by atoms with van der Waals surface area (Å²) in [6.07, 6.45) is 3.04. The van der Waals surface area contributed by atoms with Crippen LogP contribution in [-0.4, -0.2) is 11.9 Å². The summed E-state index contributed by atoms with van der Waals surface area (Å²) in [6.45, 7) is 0. The van der Waals surface area contributed by atoms with Gasteiger partial charge >= 0.3 is 6.03 Å². The Balaban J connectivity index is 1.48. The van der Waals surface area contributed by atoms with Gasteiger partial charge in [-0.15, -0.1) is 0 Å². The standard InChI is InChI=1S/C26H27N3O3/c27-26(31)29-24(19-10-6-13-21(16-19)32-20-11-2-1-3-12-20)17-25(30)28-23-15-7-9-18-8-4-5-14-22(18)23/h1-6,8,10-14,16,23-24H,7,9,15,17H2,(H,28,30)(H3,27,29,31)/t23-,24-/m1/s1. The maximum Gasteiger partial charge on any atom is 0.312 e. The van der Waals surface area contributed by atoms with Crippen molar-refractivity contribution in [2.45, 2.75) is 37.8 Å². The van der Waals surface area contributed by atoms with Gasteiger partial charge in [-0.2, -0.15) is 0 Å². The molecule has 164 valence electrons. The Labute approximate surface area is 187 Å². The normalized spacial score (nSPS) is 15.8. The number of carbonyl (C=O) groups excluding carboxylic acids is 2. The van der Waals surface area contributed by atoms with E-state index in [1.807, 2.05) is 66.7 Å². The van der Waals surface area contributed by atoms with Crippen LogP contribution in [0.4, 0.5) is 4.79 Å². The molecule has 0 saturated carbocycles. The topological polar surface area (TPSA) is 93.5 Å². The highest BCUT2D eigenvalue weighted by Gasteiger charge is 2.24. The summed E-state index contributed by atoms with van der Waals surface area (Å²) in [7, 11) is 0. The molecule has 4 rings (SSSR count). The van der Waals surface area contributed by atoms with Gasteiger partial charge in [0.1, 0.15) is 11.5 Å². The third-order valence-corrected chi connectivity index (χ3v) is 5.65. The highest BCUT2D eigenvalue weighted by molar-refractivity contribution is 5.79. The number of rotatable bonds is 7. The number of fused-ring (bicyclic) bond motifs is 1. The minimum atomic E-state index is -0.680. The molecule has 6 nitrogen and oxygen atoms in total. The summed E-state index contributed by atoms with van der Waals surface area (Å²) in [5, 5.41) is 5.84. The summed E-state index contributed by atoms with van der Waals surface area (Å²) in [4.78, 5) is 24.6. The first-order chi connectivity index (χ1) is 15.6. The van der Waals surface area contributed by atoms with Crippen molar-refractivity contribution in [3.8, 4) is 11.5 Å². The van der Waals surface area contributed by atoms with E-state index in [2.05, 4.69) is 22.8 Å². The van der Waals surface area contributed by atoms with Gasteiger partial charge in [0.2, 0.25) is 5.91 Å². The summed E-state index contributed by atoms with van der Waals surface area (Å²) in [6, 6.07) is 23.7. The molecule has 3 aromatic rings. The van der Waals surface area contributed by atoms with Crippen LogP contribution in [0.5, 0.6) is 11.5 Å². The second kappa shape index (κ2) is 10.0. The van der Waals surface area contributed by atoms with Gasteiger partial charge in [0.05, 0.1) is 18.5 Å². The lowest BCUT2D eigenvalue weighted by Crippen LogP contribution is -2.38. The number of urea groups is 1. The molecule has 0 saturated heterocycles. The molecular weight excluding hydrogens is 402 g/mol. The van der Waals surface area contributed by atoms with Gasteiger partial charge in [-0.25, -0.2) is 4.79 Å². The number of hydrogen-bond acceptors (Lipinski definition) is 3. The van der Waals surface area contributed by atoms with Crippen molar-refractivity contribution >= 4 is 11.9 Å². The number of nitrogens with two attached hydrogens (primary N) is 1. The fourth-order valence-electron chi connectivity index (χ4n) is 4.19. The summed E-state index contributed by atoms with van der Waals surface area (Å²) < 4.78 is 5.90. The van der Waals surface area contributed by atoms with Crippen molar-refractivity contribution in [1.29, 1.82) is 0 Å². The molecule has 0 fully saturated rings. The van der Waals surface area contributed by atoms with Crippen LogP contribution in [0.1, 0.15) is 48.0 Å². The van der Waals surface area contributed by atoms with E-state index in [4.69, 9.17) is 10.5 Å². The molecule has 6 heteroatoms. The van der Waals surface area contributed by atoms with E-state index in [1.165, 1.54) is 11.1 Å². The molecule has 0 heterocycles. The minimum Gasteiger partial charge on any atom is -0.457 e. The number of benzene rings is 3. The molecule has 0 aliphatic heterocycles. The van der Waals surface area contributed by atoms with Crippen LogP contribution < -0.4 is 21.1 Å². The molecule has 2 atom stereocenters. The molecule has 3 aromatic carbocycles. The second-order valence-corrected chi connectivity index (χ2v) is 7.96. The van der Waals surface area contributed by atoms with Crippen LogP contribution >= 0.6 is 0 Å². The maximum absolute atomic E-state index is 12.9. The number of para-hydroxylation sites is 1. The fourth-order valence-corrected chi connectivity index (χ4v) is 4.19. The van der Waals surface area contributed by atoms with Crippen molar-refractivity contribution in [3.63, 3.8) is 0 Å². The van der Waals surface area contributed by atoms with Gasteiger partial charge < -0.3 is 21.1 Å². The molecule has 3 amide bonds. The third kappa shape index (κ3) is 5.46. The zero-order chi connectivity index (χ0) is 22.3. The van der Waals surface area contributed by atoms with E-state index < -0.39 is 12.1 Å². The Bertz CT molecular complexity index is 1080. The Morgan fingerprint density at radius 2 is 1.72 bits per heavy atom. The third-order valence-electron chi connectivity index (χ3n) is 5.65. The summed E-state index contributed by atoms with van der Waals surface area (Å²) in [5.41, 5.74) is 8.60. The van der Waals surface area contributed by atoms with E-state index in [0.29, 0.717) is 11.5 Å². The number of nitrogens with one attached hydrogen (secondary N) is 2. The predicted octanol–water partition coefficient (Wildman–Crippen LogP) is 4.77. The molecule has 0 aromatic heterocycles. The van der Waals surface area contributed by atoms with Crippen LogP contribution in [0.15, 0.2) is 78.9 Å². The number of carbonyl (C=O) groups is 2. The van der Waals surface area contributed by atoms with E-state index in [0.717, 1.165) is 24.8 Å². The van der Waals surface area contributed by atoms with Crippen LogP contribution in [-0.2, 0) is 11.2 Å². The van der Waals surface area contributed by atoms with E-state index in [-0.39, 0.29) is 18.4 Å². The summed E-state index contributed by atoms with van der Waals surface area (Å²) >= 11 is 0. The molecule has 0 spiro atoms. The lowest BCUT2D eigenvalue weighted by molar-refractivity contribution is -0.122. The number of aryl methyl sites for hydroxylation is 1. The molecule has 4 N–H and O–H groups in total. The SMILES string of the molecule is NC(=O)N[C@H](CC(=O)N[C@@H]1CCCc2ccccc21)c1cccc(Oc2ccccc2)c1. The molecule has 0 radical (unpaired) electrons. The van der Waals surface area contributed by atoms with Gasteiger partial charge in [-0.05, 0) is 60.2 Å². The Kier molecular flexibility index (Phi) is 6.70. The van der Waals surface area contributed by atoms with E-state index in [9.17, 15) is 9.59 Å². The zero-order valence-electron chi connectivity index (χ0n) is 17.8. The van der Waals surface area contributed by atoms with Gasteiger partial charge in [0.15, 0.2) is 0 Å². The smallest absolute Gasteiger partial charge is 0.312 e. The first kappa shape index (κ1) is 21.4. The first-order valence-corrected chi connectivity index (χ1v) is 10.8. The molecule has 1 aliphatic rings. The molecule has 1 aliphatic carbocycles. The van der Waals surface area contributed by atoms with Crippen molar-refractivity contribution in [3.05, 3.63) is 95.6 Å². The Morgan fingerprint density at radius 1 is 0.969 bits per heavy atom. The highest BCUT2D eigenvalue weighted by atomic mass is 16.5. The van der Waals surface area contributed by atoms with Crippen LogP contribution in [0.2, 0.25) is 0 Å². The maximum atomic E-state index is 12.9. The van der Waals surface area contributed by atoms with Crippen LogP contribution in [0.3, 0.4) is 0 Å². The number of primary amides is 1. The average Bonchev–Trinajstić information content (AvgIpc) is 2.79. The molecule has 0 unspecified atom stereocenters. The van der Waals surface area contributed by atoms with Gasteiger partial charge in [0.25, 0.3) is 0 Å². The van der Waals surface area contributed by atoms with Crippen LogP contribution in [0.25, 0.3) is 0 Å². The average molecular weight is 430 g/mol. The molecular formula is C26H27N3O3. The predicted molar refractivity (Wildman–Crippen MR) is 123 cm³/mol. The van der Waals surface area contributed by atoms with Crippen molar-refractivity contribution in [1.82, 2.24) is 10.6 Å². The molecule has 0 bridgehead atoms. The van der Waals surface area contributed by atoms with Gasteiger partial charge in [-0.1, -0.05) is 54.6 Å². The van der Waals surface area contributed by atoms with E-state index >= 15 is 0 Å². The monoisotopic (exact) mass is 429 g/mol. The van der Waals surface area contributed by atoms with E-state index in [1.54, 1.807) is 0 Å². The Morgan fingerprint density at radius 3 is 2.53 bits per heavy atom. The van der Waals surface area contributed by atoms with Crippen molar-refractivity contribution < 1.29 is 14.3 Å².